The molecule has 0 aliphatic carbocycles. The second-order valence-electron chi connectivity index (χ2n) is 12.0. The van der Waals surface area contributed by atoms with E-state index in [1.165, 1.54) is 43.8 Å². The first-order valence-electron chi connectivity index (χ1n) is 15.7. The summed E-state index contributed by atoms with van der Waals surface area (Å²) < 4.78 is 12.8. The summed E-state index contributed by atoms with van der Waals surface area (Å²) in [5.74, 6) is 0. The van der Waals surface area contributed by atoms with Crippen LogP contribution in [-0.2, 0) is 0 Å². The largest absolute Gasteiger partial charge is 0.456 e. The van der Waals surface area contributed by atoms with E-state index in [-0.39, 0.29) is 0 Å². The van der Waals surface area contributed by atoms with Crippen LogP contribution in [0.3, 0.4) is 0 Å². The summed E-state index contributed by atoms with van der Waals surface area (Å²) in [6, 6.07) is 56.1. The van der Waals surface area contributed by atoms with Crippen molar-refractivity contribution in [2.75, 3.05) is 0 Å². The third-order valence-corrected chi connectivity index (χ3v) is 9.47. The molecule has 2 heteroatoms. The quantitative estimate of drug-likeness (QED) is 0.193. The zero-order valence-corrected chi connectivity index (χ0v) is 24.8. The summed E-state index contributed by atoms with van der Waals surface area (Å²) in [5, 5.41) is 9.45. The van der Waals surface area contributed by atoms with Crippen LogP contribution < -0.4 is 0 Å². The van der Waals surface area contributed by atoms with Crippen molar-refractivity contribution in [2.24, 2.45) is 0 Å². The minimum Gasteiger partial charge on any atom is -0.456 e. The number of rotatable bonds is 3. The van der Waals surface area contributed by atoms with E-state index in [2.05, 4.69) is 146 Å². The highest BCUT2D eigenvalue weighted by Gasteiger charge is 2.18. The standard InChI is InChI=1S/C44H26O2/c1-2-11-27(12-3-1)42-32-14-4-6-16-34(32)43(35-17-7-5-15-33(35)42)29-22-24-41-38(26-29)37-25-28(21-23-40(37)45-41)30-18-10-19-36-31-13-8-9-20-39(31)46-44(30)36/h1-26H. The Labute approximate surface area is 264 Å². The maximum atomic E-state index is 6.40. The van der Waals surface area contributed by atoms with Gasteiger partial charge in [0, 0.05) is 27.1 Å². The van der Waals surface area contributed by atoms with Crippen molar-refractivity contribution in [1.29, 1.82) is 0 Å². The normalized spacial score (nSPS) is 11.9. The molecular formula is C44H26O2. The van der Waals surface area contributed by atoms with Crippen LogP contribution in [0.5, 0.6) is 0 Å². The van der Waals surface area contributed by atoms with Gasteiger partial charge >= 0.3 is 0 Å². The van der Waals surface area contributed by atoms with Crippen molar-refractivity contribution >= 4 is 65.4 Å². The van der Waals surface area contributed by atoms with Crippen LogP contribution in [0.1, 0.15) is 0 Å². The molecule has 8 aromatic carbocycles. The topological polar surface area (TPSA) is 26.3 Å². The minimum absolute atomic E-state index is 0.877. The average molecular weight is 587 g/mol. The molecule has 214 valence electrons. The maximum Gasteiger partial charge on any atom is 0.143 e. The van der Waals surface area contributed by atoms with E-state index in [1.807, 2.05) is 12.1 Å². The van der Waals surface area contributed by atoms with Gasteiger partial charge in [-0.1, -0.05) is 127 Å². The lowest BCUT2D eigenvalue weighted by Crippen LogP contribution is -1.90. The molecule has 0 bridgehead atoms. The molecule has 2 heterocycles. The Balaban J connectivity index is 1.22. The predicted molar refractivity (Wildman–Crippen MR) is 192 cm³/mol. The molecule has 0 unspecified atom stereocenters. The van der Waals surface area contributed by atoms with Gasteiger partial charge in [-0.2, -0.15) is 0 Å². The van der Waals surface area contributed by atoms with Gasteiger partial charge in [-0.15, -0.1) is 0 Å². The van der Waals surface area contributed by atoms with E-state index < -0.39 is 0 Å². The Morgan fingerprint density at radius 2 is 0.783 bits per heavy atom. The van der Waals surface area contributed by atoms with Crippen LogP contribution in [0.2, 0.25) is 0 Å². The molecule has 0 spiro atoms. The monoisotopic (exact) mass is 586 g/mol. The Morgan fingerprint density at radius 3 is 1.46 bits per heavy atom. The SMILES string of the molecule is c1ccc(-c2c3ccccc3c(-c3ccc4oc5ccc(-c6cccc7c6oc6ccccc67)cc5c4c3)c3ccccc23)cc1. The van der Waals surface area contributed by atoms with E-state index in [4.69, 9.17) is 8.83 Å². The van der Waals surface area contributed by atoms with Gasteiger partial charge in [0.25, 0.3) is 0 Å². The van der Waals surface area contributed by atoms with Crippen LogP contribution in [0.25, 0.3) is 98.8 Å². The molecule has 2 nitrogen and oxygen atoms in total. The number of fused-ring (bicyclic) bond motifs is 8. The number of hydrogen-bond donors (Lipinski definition) is 0. The molecule has 0 aliphatic heterocycles. The number of benzene rings is 8. The Bertz CT molecular complexity index is 2740. The zero-order chi connectivity index (χ0) is 30.2. The van der Waals surface area contributed by atoms with Crippen molar-refractivity contribution in [3.05, 3.63) is 158 Å². The van der Waals surface area contributed by atoms with E-state index in [9.17, 15) is 0 Å². The first-order chi connectivity index (χ1) is 22.8. The Morgan fingerprint density at radius 1 is 0.283 bits per heavy atom. The molecular weight excluding hydrogens is 560 g/mol. The number of para-hydroxylation sites is 2. The Hall–Kier alpha value is -6.12. The first kappa shape index (κ1) is 25.2. The van der Waals surface area contributed by atoms with Crippen LogP contribution in [0.4, 0.5) is 0 Å². The van der Waals surface area contributed by atoms with Crippen molar-refractivity contribution in [3.8, 4) is 33.4 Å². The molecule has 2 aromatic heterocycles. The van der Waals surface area contributed by atoms with E-state index in [0.29, 0.717) is 0 Å². The van der Waals surface area contributed by atoms with Gasteiger partial charge in [-0.25, -0.2) is 0 Å². The fourth-order valence-electron chi connectivity index (χ4n) is 7.43. The van der Waals surface area contributed by atoms with E-state index in [0.717, 1.165) is 55.0 Å². The zero-order valence-electron chi connectivity index (χ0n) is 24.8. The molecule has 10 rings (SSSR count). The van der Waals surface area contributed by atoms with Gasteiger partial charge in [0.1, 0.15) is 22.3 Å². The minimum atomic E-state index is 0.877. The fraction of sp³-hybridized carbons (Fsp3) is 0. The highest BCUT2D eigenvalue weighted by molar-refractivity contribution is 6.22. The molecule has 0 aliphatic rings. The van der Waals surface area contributed by atoms with E-state index in [1.54, 1.807) is 0 Å². The third kappa shape index (κ3) is 3.65. The summed E-state index contributed by atoms with van der Waals surface area (Å²) in [7, 11) is 0. The second kappa shape index (κ2) is 9.69. The lowest BCUT2D eigenvalue weighted by molar-refractivity contribution is 0.668. The highest BCUT2D eigenvalue weighted by atomic mass is 16.3. The van der Waals surface area contributed by atoms with Gasteiger partial charge in [0.05, 0.1) is 0 Å². The van der Waals surface area contributed by atoms with Crippen molar-refractivity contribution in [3.63, 3.8) is 0 Å². The van der Waals surface area contributed by atoms with Gasteiger partial charge < -0.3 is 8.83 Å². The smallest absolute Gasteiger partial charge is 0.143 e. The lowest BCUT2D eigenvalue weighted by atomic mass is 9.86. The third-order valence-electron chi connectivity index (χ3n) is 9.47. The second-order valence-corrected chi connectivity index (χ2v) is 12.0. The summed E-state index contributed by atoms with van der Waals surface area (Å²) >= 11 is 0. The summed E-state index contributed by atoms with van der Waals surface area (Å²) in [6.07, 6.45) is 0. The van der Waals surface area contributed by atoms with Crippen molar-refractivity contribution < 1.29 is 8.83 Å². The molecule has 46 heavy (non-hydrogen) atoms. The molecule has 0 radical (unpaired) electrons. The van der Waals surface area contributed by atoms with Crippen LogP contribution >= 0.6 is 0 Å². The molecule has 0 atom stereocenters. The summed E-state index contributed by atoms with van der Waals surface area (Å²) in [4.78, 5) is 0. The number of furan rings is 2. The average Bonchev–Trinajstić information content (AvgIpc) is 3.68. The van der Waals surface area contributed by atoms with E-state index >= 15 is 0 Å². The van der Waals surface area contributed by atoms with Gasteiger partial charge in [0.2, 0.25) is 0 Å². The van der Waals surface area contributed by atoms with Crippen LogP contribution in [0, 0.1) is 0 Å². The molecule has 10 aromatic rings. The molecule has 0 N–H and O–H groups in total. The molecule has 0 saturated carbocycles. The van der Waals surface area contributed by atoms with Gasteiger partial charge in [-0.3, -0.25) is 0 Å². The van der Waals surface area contributed by atoms with Crippen LogP contribution in [-0.4, -0.2) is 0 Å². The Kier molecular flexibility index (Phi) is 5.31. The van der Waals surface area contributed by atoms with Gasteiger partial charge in [0.15, 0.2) is 0 Å². The maximum absolute atomic E-state index is 6.40. The van der Waals surface area contributed by atoms with Crippen molar-refractivity contribution in [2.45, 2.75) is 0 Å². The fourth-order valence-corrected chi connectivity index (χ4v) is 7.43. The highest BCUT2D eigenvalue weighted by Crippen LogP contribution is 2.45. The molecule has 0 saturated heterocycles. The summed E-state index contributed by atoms with van der Waals surface area (Å²) in [6.45, 7) is 0. The van der Waals surface area contributed by atoms with Gasteiger partial charge in [-0.05, 0) is 79.7 Å². The molecule has 0 amide bonds. The first-order valence-corrected chi connectivity index (χ1v) is 15.7. The molecule has 0 fully saturated rings. The van der Waals surface area contributed by atoms with Crippen LogP contribution in [0.15, 0.2) is 167 Å². The van der Waals surface area contributed by atoms with Crippen molar-refractivity contribution in [1.82, 2.24) is 0 Å². The lowest BCUT2D eigenvalue weighted by Gasteiger charge is -2.17. The predicted octanol–water partition coefficient (Wildman–Crippen LogP) is 12.8. The number of hydrogen-bond acceptors (Lipinski definition) is 2. The summed E-state index contributed by atoms with van der Waals surface area (Å²) in [5.41, 5.74) is 10.7.